The predicted molar refractivity (Wildman–Crippen MR) is 92.4 cm³/mol. The number of nitrogens with zero attached hydrogens (tertiary/aromatic N) is 1. The van der Waals surface area contributed by atoms with Crippen molar-refractivity contribution in [1.82, 2.24) is 5.32 Å². The maximum atomic E-state index is 11.4. The zero-order chi connectivity index (χ0) is 17.4. The summed E-state index contributed by atoms with van der Waals surface area (Å²) in [6.07, 6.45) is 0.998. The molecule has 6 heteroatoms. The van der Waals surface area contributed by atoms with Gasteiger partial charge in [0.2, 0.25) is 5.75 Å². The summed E-state index contributed by atoms with van der Waals surface area (Å²) in [5, 5.41) is 14.7. The maximum absolute atomic E-state index is 11.4. The van der Waals surface area contributed by atoms with Crippen molar-refractivity contribution in [1.29, 1.82) is 0 Å². The second-order valence-corrected chi connectivity index (χ2v) is 5.35. The van der Waals surface area contributed by atoms with Gasteiger partial charge in [0.25, 0.3) is 0 Å². The Bertz CT molecular complexity index is 674. The van der Waals surface area contributed by atoms with Crippen molar-refractivity contribution in [3.8, 4) is 11.5 Å². The second-order valence-electron chi connectivity index (χ2n) is 5.35. The van der Waals surface area contributed by atoms with Crippen molar-refractivity contribution in [3.05, 3.63) is 63.7 Å². The van der Waals surface area contributed by atoms with Crippen LogP contribution in [0.25, 0.3) is 0 Å². The highest BCUT2D eigenvalue weighted by molar-refractivity contribution is 5.58. The fourth-order valence-electron chi connectivity index (χ4n) is 2.32. The van der Waals surface area contributed by atoms with E-state index in [0.29, 0.717) is 12.3 Å². The van der Waals surface area contributed by atoms with Gasteiger partial charge in [-0.1, -0.05) is 37.3 Å². The summed E-state index contributed by atoms with van der Waals surface area (Å²) >= 11 is 0. The first kappa shape index (κ1) is 17.7. The normalized spacial score (nSPS) is 10.4. The largest absolute Gasteiger partial charge is 0.493 e. The van der Waals surface area contributed by atoms with Crippen LogP contribution < -0.4 is 14.8 Å². The van der Waals surface area contributed by atoms with Gasteiger partial charge >= 0.3 is 5.69 Å². The maximum Gasteiger partial charge on any atom is 0.315 e. The smallest absolute Gasteiger partial charge is 0.315 e. The van der Waals surface area contributed by atoms with E-state index in [1.165, 1.54) is 13.2 Å². The Balaban J connectivity index is 2.25. The first-order valence-corrected chi connectivity index (χ1v) is 7.88. The predicted octanol–water partition coefficient (Wildman–Crippen LogP) is 3.68. The molecule has 2 aromatic carbocycles. The number of hydrogen-bond acceptors (Lipinski definition) is 5. The molecule has 0 aliphatic heterocycles. The zero-order valence-corrected chi connectivity index (χ0v) is 14.0. The van der Waals surface area contributed by atoms with Crippen LogP contribution >= 0.6 is 0 Å². The summed E-state index contributed by atoms with van der Waals surface area (Å²) in [4.78, 5) is 11.0. The first-order chi connectivity index (χ1) is 11.7. The van der Waals surface area contributed by atoms with E-state index in [1.54, 1.807) is 6.07 Å². The standard InChI is InChI=1S/C18H22N2O4/c1-3-9-19-12-15-10-16(20(21)22)18(17(11-15)23-2)24-13-14-7-5-4-6-8-14/h4-8,10-11,19H,3,9,12-13H2,1-2H3. The fraction of sp³-hybridized carbons (Fsp3) is 0.333. The van der Waals surface area contributed by atoms with Crippen LogP contribution in [0.1, 0.15) is 24.5 Å². The van der Waals surface area contributed by atoms with Gasteiger partial charge in [-0.15, -0.1) is 0 Å². The molecular weight excluding hydrogens is 308 g/mol. The van der Waals surface area contributed by atoms with E-state index in [2.05, 4.69) is 12.2 Å². The van der Waals surface area contributed by atoms with Gasteiger partial charge in [0.05, 0.1) is 12.0 Å². The lowest BCUT2D eigenvalue weighted by molar-refractivity contribution is -0.386. The van der Waals surface area contributed by atoms with Gasteiger partial charge in [-0.3, -0.25) is 10.1 Å². The van der Waals surface area contributed by atoms with Crippen LogP contribution in [0, 0.1) is 10.1 Å². The van der Waals surface area contributed by atoms with Crippen molar-refractivity contribution in [2.75, 3.05) is 13.7 Å². The van der Waals surface area contributed by atoms with Crippen molar-refractivity contribution in [2.45, 2.75) is 26.5 Å². The molecule has 0 aromatic heterocycles. The Labute approximate surface area is 141 Å². The molecule has 0 saturated carbocycles. The van der Waals surface area contributed by atoms with Crippen LogP contribution in [-0.4, -0.2) is 18.6 Å². The number of rotatable bonds is 9. The van der Waals surface area contributed by atoms with Gasteiger partial charge in [0, 0.05) is 12.6 Å². The summed E-state index contributed by atoms with van der Waals surface area (Å²) < 4.78 is 11.0. The lowest BCUT2D eigenvalue weighted by Crippen LogP contribution is -2.14. The van der Waals surface area contributed by atoms with Crippen molar-refractivity contribution < 1.29 is 14.4 Å². The molecule has 1 N–H and O–H groups in total. The molecule has 0 bridgehead atoms. The molecule has 0 atom stereocenters. The van der Waals surface area contributed by atoms with Crippen LogP contribution in [0.15, 0.2) is 42.5 Å². The molecule has 0 unspecified atom stereocenters. The topological polar surface area (TPSA) is 73.6 Å². The van der Waals surface area contributed by atoms with Crippen LogP contribution in [0.5, 0.6) is 11.5 Å². The molecule has 0 heterocycles. The molecule has 0 fully saturated rings. The number of nitrogens with one attached hydrogen (secondary N) is 1. The zero-order valence-electron chi connectivity index (χ0n) is 14.0. The average molecular weight is 330 g/mol. The van der Waals surface area contributed by atoms with Gasteiger partial charge in [0.1, 0.15) is 6.61 Å². The molecule has 0 amide bonds. The molecule has 2 aromatic rings. The Morgan fingerprint density at radius 2 is 1.92 bits per heavy atom. The summed E-state index contributed by atoms with van der Waals surface area (Å²) in [5.74, 6) is 0.527. The second kappa shape index (κ2) is 8.88. The van der Waals surface area contributed by atoms with E-state index in [1.807, 2.05) is 30.3 Å². The number of nitro benzene ring substituents is 1. The Morgan fingerprint density at radius 3 is 2.54 bits per heavy atom. The molecule has 0 aliphatic carbocycles. The van der Waals surface area contributed by atoms with Crippen LogP contribution in [0.2, 0.25) is 0 Å². The van der Waals surface area contributed by atoms with Crippen molar-refractivity contribution in [3.63, 3.8) is 0 Å². The van der Waals surface area contributed by atoms with E-state index in [0.717, 1.165) is 24.1 Å². The van der Waals surface area contributed by atoms with Gasteiger partial charge < -0.3 is 14.8 Å². The highest BCUT2D eigenvalue weighted by atomic mass is 16.6. The van der Waals surface area contributed by atoms with Gasteiger partial charge in [0.15, 0.2) is 5.75 Å². The van der Waals surface area contributed by atoms with E-state index >= 15 is 0 Å². The van der Waals surface area contributed by atoms with E-state index in [9.17, 15) is 10.1 Å². The van der Waals surface area contributed by atoms with E-state index < -0.39 is 4.92 Å². The number of ether oxygens (including phenoxy) is 2. The van der Waals surface area contributed by atoms with Gasteiger partial charge in [-0.25, -0.2) is 0 Å². The van der Waals surface area contributed by atoms with Crippen LogP contribution in [0.4, 0.5) is 5.69 Å². The molecule has 0 spiro atoms. The third-order valence-electron chi connectivity index (χ3n) is 3.49. The summed E-state index contributed by atoms with van der Waals surface area (Å²) in [5.41, 5.74) is 1.64. The number of nitro groups is 1. The monoisotopic (exact) mass is 330 g/mol. The highest BCUT2D eigenvalue weighted by Gasteiger charge is 2.22. The summed E-state index contributed by atoms with van der Waals surface area (Å²) in [6, 6.07) is 12.8. The Kier molecular flexibility index (Phi) is 6.57. The number of methoxy groups -OCH3 is 1. The lowest BCUT2D eigenvalue weighted by atomic mass is 10.1. The number of hydrogen-bond donors (Lipinski definition) is 1. The van der Waals surface area contributed by atoms with Gasteiger partial charge in [-0.2, -0.15) is 0 Å². The Hall–Kier alpha value is -2.60. The third kappa shape index (κ3) is 4.70. The molecule has 0 aliphatic rings. The molecule has 128 valence electrons. The molecule has 0 radical (unpaired) electrons. The first-order valence-electron chi connectivity index (χ1n) is 7.88. The highest BCUT2D eigenvalue weighted by Crippen LogP contribution is 2.38. The third-order valence-corrected chi connectivity index (χ3v) is 3.49. The minimum absolute atomic E-state index is 0.0846. The van der Waals surface area contributed by atoms with E-state index in [4.69, 9.17) is 9.47 Å². The summed E-state index contributed by atoms with van der Waals surface area (Å²) in [6.45, 7) is 3.70. The van der Waals surface area contributed by atoms with Gasteiger partial charge in [-0.05, 0) is 30.2 Å². The van der Waals surface area contributed by atoms with Crippen LogP contribution in [0.3, 0.4) is 0 Å². The average Bonchev–Trinajstić information content (AvgIpc) is 2.60. The van der Waals surface area contributed by atoms with E-state index in [-0.39, 0.29) is 18.0 Å². The molecule has 2 rings (SSSR count). The van der Waals surface area contributed by atoms with Crippen LogP contribution in [-0.2, 0) is 13.2 Å². The molecule has 6 nitrogen and oxygen atoms in total. The van der Waals surface area contributed by atoms with Crippen molar-refractivity contribution >= 4 is 5.69 Å². The quantitative estimate of drug-likeness (QED) is 0.431. The van der Waals surface area contributed by atoms with Crippen molar-refractivity contribution in [2.24, 2.45) is 0 Å². The lowest BCUT2D eigenvalue weighted by Gasteiger charge is -2.13. The Morgan fingerprint density at radius 1 is 1.17 bits per heavy atom. The molecule has 24 heavy (non-hydrogen) atoms. The SMILES string of the molecule is CCCNCc1cc(OC)c(OCc2ccccc2)c([N+](=O)[O-])c1. The minimum Gasteiger partial charge on any atom is -0.493 e. The fourth-order valence-corrected chi connectivity index (χ4v) is 2.32. The summed E-state index contributed by atoms with van der Waals surface area (Å²) in [7, 11) is 1.48. The minimum atomic E-state index is -0.438. The molecule has 0 saturated heterocycles. The number of benzene rings is 2. The molecular formula is C18H22N2O4.